The van der Waals surface area contributed by atoms with Crippen LogP contribution in [0.2, 0.25) is 0 Å². The average molecular weight is 733 g/mol. The Labute approximate surface area is 319 Å². The lowest BCUT2D eigenvalue weighted by Crippen LogP contribution is -2.36. The maximum atomic E-state index is 11.5. The van der Waals surface area contributed by atoms with E-state index in [0.29, 0.717) is 76.8 Å². The van der Waals surface area contributed by atoms with Crippen molar-refractivity contribution in [3.63, 3.8) is 0 Å². The third kappa shape index (κ3) is 10.5. The minimum absolute atomic E-state index is 0.319. The summed E-state index contributed by atoms with van der Waals surface area (Å²) in [5.41, 5.74) is 7.72. The Kier molecular flexibility index (Phi) is 15.1. The van der Waals surface area contributed by atoms with E-state index in [9.17, 15) is 9.59 Å². The van der Waals surface area contributed by atoms with Crippen molar-refractivity contribution in [2.75, 3.05) is 52.9 Å². The molecule has 4 aromatic rings. The lowest BCUT2D eigenvalue weighted by Gasteiger charge is -2.42. The van der Waals surface area contributed by atoms with E-state index >= 15 is 0 Å². The van der Waals surface area contributed by atoms with Gasteiger partial charge in [0.1, 0.15) is 11.5 Å². The number of rotatable bonds is 22. The molecular weight excluding hydrogens is 680 g/mol. The Morgan fingerprint density at radius 3 is 1.28 bits per heavy atom. The van der Waals surface area contributed by atoms with Crippen molar-refractivity contribution in [1.82, 2.24) is 0 Å². The molecule has 4 aromatic carbocycles. The molecule has 8 heteroatoms. The molecule has 0 radical (unpaired) electrons. The minimum Gasteiger partial charge on any atom is -0.494 e. The molecule has 5 rings (SSSR count). The monoisotopic (exact) mass is 732 g/mol. The van der Waals surface area contributed by atoms with Crippen LogP contribution in [0.5, 0.6) is 11.5 Å². The highest BCUT2D eigenvalue weighted by atomic mass is 16.5. The third-order valence-corrected chi connectivity index (χ3v) is 9.23. The lowest BCUT2D eigenvalue weighted by atomic mass is 9.60. The molecule has 0 saturated heterocycles. The molecule has 1 aliphatic carbocycles. The predicted octanol–water partition coefficient (Wildman–Crippen LogP) is 8.56. The first-order chi connectivity index (χ1) is 26.3. The van der Waals surface area contributed by atoms with Crippen LogP contribution in [-0.2, 0) is 40.4 Å². The number of carbonyl (C=O) groups excluding carboxylic acids is 2. The second kappa shape index (κ2) is 20.3. The molecular formula is C46H52O8. The first-order valence-corrected chi connectivity index (χ1v) is 18.7. The molecule has 0 heterocycles. The van der Waals surface area contributed by atoms with Gasteiger partial charge in [0.05, 0.1) is 31.8 Å². The molecule has 54 heavy (non-hydrogen) atoms. The minimum atomic E-state index is -0.540. The van der Waals surface area contributed by atoms with Crippen molar-refractivity contribution < 1.29 is 38.0 Å². The SMILES string of the molecule is C=C(C)C(=O)OCCCOCCCOc1ccc(C2(c3ccc(OCCCOCCCOC(=O)C(=C)C)cc3)c3ccccc3Cc3ccccc32)cc1. The van der Waals surface area contributed by atoms with Gasteiger partial charge in [-0.05, 0) is 77.9 Å². The molecule has 0 bridgehead atoms. The fraction of sp³-hybridized carbons (Fsp3) is 0.348. The van der Waals surface area contributed by atoms with Crippen molar-refractivity contribution in [3.05, 3.63) is 155 Å². The second-order valence-electron chi connectivity index (χ2n) is 13.5. The number of hydrogen-bond donors (Lipinski definition) is 0. The van der Waals surface area contributed by atoms with Gasteiger partial charge in [0.25, 0.3) is 0 Å². The zero-order chi connectivity index (χ0) is 38.2. The van der Waals surface area contributed by atoms with Crippen LogP contribution in [0, 0.1) is 0 Å². The zero-order valence-electron chi connectivity index (χ0n) is 31.6. The molecule has 0 amide bonds. The van der Waals surface area contributed by atoms with Gasteiger partial charge in [-0.15, -0.1) is 0 Å². The second-order valence-corrected chi connectivity index (χ2v) is 13.5. The third-order valence-electron chi connectivity index (χ3n) is 9.23. The molecule has 0 aromatic heterocycles. The number of ether oxygens (including phenoxy) is 6. The molecule has 0 saturated carbocycles. The van der Waals surface area contributed by atoms with Crippen molar-refractivity contribution in [3.8, 4) is 11.5 Å². The molecule has 0 fully saturated rings. The van der Waals surface area contributed by atoms with Crippen LogP contribution in [0.15, 0.2) is 121 Å². The van der Waals surface area contributed by atoms with Gasteiger partial charge in [-0.3, -0.25) is 0 Å². The van der Waals surface area contributed by atoms with Gasteiger partial charge >= 0.3 is 11.9 Å². The molecule has 8 nitrogen and oxygen atoms in total. The number of carbonyl (C=O) groups is 2. The van der Waals surface area contributed by atoms with Gasteiger partial charge in [0.2, 0.25) is 0 Å². The summed E-state index contributed by atoms with van der Waals surface area (Å²) in [6, 6.07) is 34.5. The van der Waals surface area contributed by atoms with E-state index in [1.807, 2.05) is 0 Å². The maximum absolute atomic E-state index is 11.5. The van der Waals surface area contributed by atoms with Crippen LogP contribution in [-0.4, -0.2) is 64.8 Å². The van der Waals surface area contributed by atoms with Crippen LogP contribution in [0.1, 0.15) is 72.9 Å². The quantitative estimate of drug-likeness (QED) is 0.0398. The lowest BCUT2D eigenvalue weighted by molar-refractivity contribution is -0.140. The van der Waals surface area contributed by atoms with Gasteiger partial charge in [-0.1, -0.05) is 86.0 Å². The standard InChI is InChI=1S/C46H52O8/c1-34(2)44(47)53-31-11-27-49-25-9-29-51-40-21-17-38(18-22-40)46(42-15-7-5-13-36(42)33-37-14-6-8-16-43(37)46)39-19-23-41(24-20-39)52-30-10-26-50-28-12-32-54-45(48)35(3)4/h5-8,13-24H,1,3,9-12,25-33H2,2,4H3. The summed E-state index contributed by atoms with van der Waals surface area (Å²) in [5.74, 6) is 0.864. The van der Waals surface area contributed by atoms with Gasteiger partial charge in [0, 0.05) is 63.3 Å². The Hall–Kier alpha value is -5.18. The van der Waals surface area contributed by atoms with Crippen LogP contribution in [0.3, 0.4) is 0 Å². The highest BCUT2D eigenvalue weighted by Crippen LogP contribution is 2.51. The molecule has 0 N–H and O–H groups in total. The number of esters is 2. The Balaban J connectivity index is 1.21. The van der Waals surface area contributed by atoms with Gasteiger partial charge in [0.15, 0.2) is 0 Å². The molecule has 1 aliphatic rings. The first kappa shape index (κ1) is 40.0. The van der Waals surface area contributed by atoms with Crippen molar-refractivity contribution in [1.29, 1.82) is 0 Å². The van der Waals surface area contributed by atoms with Gasteiger partial charge in [-0.2, -0.15) is 0 Å². The smallest absolute Gasteiger partial charge is 0.333 e. The summed E-state index contributed by atoms with van der Waals surface area (Å²) in [6.07, 6.45) is 3.64. The summed E-state index contributed by atoms with van der Waals surface area (Å²) in [7, 11) is 0. The van der Waals surface area contributed by atoms with Crippen LogP contribution in [0.4, 0.5) is 0 Å². The van der Waals surface area contributed by atoms with E-state index in [1.54, 1.807) is 13.8 Å². The first-order valence-electron chi connectivity index (χ1n) is 18.7. The van der Waals surface area contributed by atoms with E-state index < -0.39 is 5.41 Å². The fourth-order valence-corrected chi connectivity index (χ4v) is 6.63. The summed E-state index contributed by atoms with van der Waals surface area (Å²) >= 11 is 0. The number of benzene rings is 4. The van der Waals surface area contributed by atoms with Crippen molar-refractivity contribution >= 4 is 11.9 Å². The van der Waals surface area contributed by atoms with Gasteiger partial charge in [-0.25, -0.2) is 9.59 Å². The average Bonchev–Trinajstić information content (AvgIpc) is 3.19. The molecule has 0 spiro atoms. The summed E-state index contributed by atoms with van der Waals surface area (Å²) < 4.78 is 33.8. The summed E-state index contributed by atoms with van der Waals surface area (Å²) in [5, 5.41) is 0. The highest BCUT2D eigenvalue weighted by Gasteiger charge is 2.43. The summed E-state index contributed by atoms with van der Waals surface area (Å²) in [4.78, 5) is 23.0. The van der Waals surface area contributed by atoms with E-state index in [1.165, 1.54) is 22.3 Å². The van der Waals surface area contributed by atoms with E-state index in [2.05, 4.69) is 110 Å². The highest BCUT2D eigenvalue weighted by molar-refractivity contribution is 5.87. The van der Waals surface area contributed by atoms with E-state index in [0.717, 1.165) is 41.9 Å². The molecule has 0 atom stereocenters. The predicted molar refractivity (Wildman–Crippen MR) is 210 cm³/mol. The van der Waals surface area contributed by atoms with Crippen LogP contribution in [0.25, 0.3) is 0 Å². The Bertz CT molecular complexity index is 1710. The molecule has 0 aliphatic heterocycles. The zero-order valence-corrected chi connectivity index (χ0v) is 31.6. The fourth-order valence-electron chi connectivity index (χ4n) is 6.63. The topological polar surface area (TPSA) is 89.5 Å². The number of hydrogen-bond acceptors (Lipinski definition) is 8. The maximum Gasteiger partial charge on any atom is 0.333 e. The normalized spacial score (nSPS) is 12.6. The Morgan fingerprint density at radius 1 is 0.519 bits per heavy atom. The van der Waals surface area contributed by atoms with Crippen molar-refractivity contribution in [2.45, 2.75) is 51.4 Å². The molecule has 0 unspecified atom stereocenters. The van der Waals surface area contributed by atoms with Crippen LogP contribution >= 0.6 is 0 Å². The van der Waals surface area contributed by atoms with E-state index in [-0.39, 0.29) is 11.9 Å². The van der Waals surface area contributed by atoms with Crippen molar-refractivity contribution in [2.24, 2.45) is 0 Å². The van der Waals surface area contributed by atoms with Gasteiger partial charge < -0.3 is 28.4 Å². The van der Waals surface area contributed by atoms with E-state index in [4.69, 9.17) is 28.4 Å². The van der Waals surface area contributed by atoms with Crippen LogP contribution < -0.4 is 9.47 Å². The number of fused-ring (bicyclic) bond motifs is 2. The largest absolute Gasteiger partial charge is 0.494 e. The Morgan fingerprint density at radius 2 is 0.889 bits per heavy atom. The summed E-state index contributed by atoms with van der Waals surface area (Å²) in [6.45, 7) is 14.3. The molecule has 284 valence electrons.